The Morgan fingerprint density at radius 2 is 2.12 bits per heavy atom. The van der Waals surface area contributed by atoms with Crippen LogP contribution in [0.25, 0.3) is 0 Å². The van der Waals surface area contributed by atoms with Crippen LogP contribution in [0.3, 0.4) is 0 Å². The summed E-state index contributed by atoms with van der Waals surface area (Å²) >= 11 is 11.8. The number of nitrogens with one attached hydrogen (secondary N) is 1. The van der Waals surface area contributed by atoms with Crippen molar-refractivity contribution in [2.24, 2.45) is 16.6 Å². The Bertz CT molecular complexity index is 389. The zero-order valence-electron chi connectivity index (χ0n) is 9.30. The SMILES string of the molecule is CC(C)CN=C(N)Nc1cc(Cl)ccc1Cl. The van der Waals surface area contributed by atoms with E-state index >= 15 is 0 Å². The van der Waals surface area contributed by atoms with E-state index in [1.54, 1.807) is 18.2 Å². The van der Waals surface area contributed by atoms with Crippen LogP contribution >= 0.6 is 23.2 Å². The highest BCUT2D eigenvalue weighted by molar-refractivity contribution is 6.35. The number of nitrogens with two attached hydrogens (primary N) is 1. The first-order chi connectivity index (χ1) is 7.49. The molecular formula is C11H15Cl2N3. The molecule has 0 aliphatic heterocycles. The summed E-state index contributed by atoms with van der Waals surface area (Å²) in [6, 6.07) is 5.14. The number of nitrogens with zero attached hydrogens (tertiary/aromatic N) is 1. The molecule has 0 bridgehead atoms. The molecule has 3 N–H and O–H groups in total. The highest BCUT2D eigenvalue weighted by Gasteiger charge is 2.02. The minimum Gasteiger partial charge on any atom is -0.370 e. The van der Waals surface area contributed by atoms with Crippen molar-refractivity contribution in [2.75, 3.05) is 11.9 Å². The van der Waals surface area contributed by atoms with Gasteiger partial charge in [0, 0.05) is 11.6 Å². The monoisotopic (exact) mass is 259 g/mol. The third-order valence-corrected chi connectivity index (χ3v) is 2.38. The van der Waals surface area contributed by atoms with Crippen molar-refractivity contribution in [3.8, 4) is 0 Å². The van der Waals surface area contributed by atoms with Gasteiger partial charge in [0.1, 0.15) is 0 Å². The molecule has 0 saturated carbocycles. The lowest BCUT2D eigenvalue weighted by Gasteiger charge is -2.08. The van der Waals surface area contributed by atoms with Gasteiger partial charge in [-0.25, -0.2) is 0 Å². The second kappa shape index (κ2) is 5.97. The maximum Gasteiger partial charge on any atom is 0.193 e. The number of halogens is 2. The number of benzene rings is 1. The van der Waals surface area contributed by atoms with E-state index in [2.05, 4.69) is 24.2 Å². The normalized spacial score (nSPS) is 11.9. The van der Waals surface area contributed by atoms with E-state index in [1.165, 1.54) is 0 Å². The predicted molar refractivity (Wildman–Crippen MR) is 71.4 cm³/mol. The van der Waals surface area contributed by atoms with Crippen LogP contribution in [-0.4, -0.2) is 12.5 Å². The first-order valence-corrected chi connectivity index (χ1v) is 5.76. The highest BCUT2D eigenvalue weighted by Crippen LogP contribution is 2.25. The van der Waals surface area contributed by atoms with Gasteiger partial charge >= 0.3 is 0 Å². The molecule has 0 atom stereocenters. The molecule has 0 saturated heterocycles. The summed E-state index contributed by atoms with van der Waals surface area (Å²) in [5.41, 5.74) is 6.38. The molecule has 0 heterocycles. The first-order valence-electron chi connectivity index (χ1n) is 5.01. The smallest absolute Gasteiger partial charge is 0.193 e. The Kier molecular flexibility index (Phi) is 4.90. The molecule has 0 radical (unpaired) electrons. The zero-order valence-corrected chi connectivity index (χ0v) is 10.8. The van der Waals surface area contributed by atoms with Crippen LogP contribution in [0, 0.1) is 5.92 Å². The van der Waals surface area contributed by atoms with Gasteiger partial charge in [-0.2, -0.15) is 0 Å². The van der Waals surface area contributed by atoms with Gasteiger partial charge in [0.05, 0.1) is 10.7 Å². The molecule has 0 aliphatic carbocycles. The Morgan fingerprint density at radius 1 is 1.44 bits per heavy atom. The lowest BCUT2D eigenvalue weighted by atomic mass is 10.2. The molecule has 1 rings (SSSR count). The molecule has 5 heteroatoms. The summed E-state index contributed by atoms with van der Waals surface area (Å²) in [4.78, 5) is 4.17. The summed E-state index contributed by atoms with van der Waals surface area (Å²) in [5.74, 6) is 0.813. The molecule has 0 unspecified atom stereocenters. The van der Waals surface area contributed by atoms with Gasteiger partial charge < -0.3 is 11.1 Å². The van der Waals surface area contributed by atoms with Crippen molar-refractivity contribution >= 4 is 34.8 Å². The average molecular weight is 260 g/mol. The van der Waals surface area contributed by atoms with E-state index < -0.39 is 0 Å². The Balaban J connectivity index is 2.72. The Labute approximate surface area is 106 Å². The van der Waals surface area contributed by atoms with Crippen LogP contribution in [0.1, 0.15) is 13.8 Å². The predicted octanol–water partition coefficient (Wildman–Crippen LogP) is 3.38. The van der Waals surface area contributed by atoms with Gasteiger partial charge in [-0.05, 0) is 24.1 Å². The molecule has 0 spiro atoms. The number of hydrogen-bond donors (Lipinski definition) is 2. The second-order valence-corrected chi connectivity index (χ2v) is 4.71. The van der Waals surface area contributed by atoms with Gasteiger partial charge in [0.25, 0.3) is 0 Å². The van der Waals surface area contributed by atoms with Gasteiger partial charge in [0.2, 0.25) is 0 Å². The Morgan fingerprint density at radius 3 is 2.75 bits per heavy atom. The molecule has 0 aliphatic rings. The number of anilines is 1. The standard InChI is InChI=1S/C11H15Cl2N3/c1-7(2)6-15-11(14)16-10-5-8(12)3-4-9(10)13/h3-5,7H,6H2,1-2H3,(H3,14,15,16). The minimum atomic E-state index is 0.345. The third kappa shape index (κ3) is 4.29. The van der Waals surface area contributed by atoms with Crippen LogP contribution in [0.2, 0.25) is 10.0 Å². The molecule has 3 nitrogen and oxygen atoms in total. The second-order valence-electron chi connectivity index (χ2n) is 3.87. The molecule has 88 valence electrons. The number of hydrogen-bond acceptors (Lipinski definition) is 1. The fraction of sp³-hybridized carbons (Fsp3) is 0.364. The average Bonchev–Trinajstić information content (AvgIpc) is 2.20. The molecule has 1 aromatic rings. The number of guanidine groups is 1. The van der Waals surface area contributed by atoms with E-state index in [-0.39, 0.29) is 0 Å². The summed E-state index contributed by atoms with van der Waals surface area (Å²) in [6.45, 7) is 4.82. The summed E-state index contributed by atoms with van der Waals surface area (Å²) in [7, 11) is 0. The van der Waals surface area contributed by atoms with E-state index in [4.69, 9.17) is 28.9 Å². The van der Waals surface area contributed by atoms with Crippen LogP contribution in [0.4, 0.5) is 5.69 Å². The first kappa shape index (κ1) is 13.1. The highest BCUT2D eigenvalue weighted by atomic mass is 35.5. The molecular weight excluding hydrogens is 245 g/mol. The molecule has 16 heavy (non-hydrogen) atoms. The van der Waals surface area contributed by atoms with E-state index in [0.717, 1.165) is 0 Å². The van der Waals surface area contributed by atoms with E-state index in [9.17, 15) is 0 Å². The lowest BCUT2D eigenvalue weighted by molar-refractivity contribution is 0.665. The quantitative estimate of drug-likeness (QED) is 0.646. The minimum absolute atomic E-state index is 0.345. The van der Waals surface area contributed by atoms with Crippen molar-refractivity contribution in [1.29, 1.82) is 0 Å². The van der Waals surface area contributed by atoms with Crippen LogP contribution in [0.5, 0.6) is 0 Å². The van der Waals surface area contributed by atoms with Crippen molar-refractivity contribution in [2.45, 2.75) is 13.8 Å². The van der Waals surface area contributed by atoms with Crippen LogP contribution < -0.4 is 11.1 Å². The van der Waals surface area contributed by atoms with Crippen molar-refractivity contribution in [3.63, 3.8) is 0 Å². The summed E-state index contributed by atoms with van der Waals surface area (Å²) in [5, 5.41) is 4.08. The van der Waals surface area contributed by atoms with Crippen molar-refractivity contribution < 1.29 is 0 Å². The van der Waals surface area contributed by atoms with Crippen LogP contribution in [0.15, 0.2) is 23.2 Å². The Hall–Kier alpha value is -0.930. The summed E-state index contributed by atoms with van der Waals surface area (Å²) in [6.07, 6.45) is 0. The van der Waals surface area contributed by atoms with E-state index in [0.29, 0.717) is 34.2 Å². The van der Waals surface area contributed by atoms with E-state index in [1.807, 2.05) is 0 Å². The van der Waals surface area contributed by atoms with Gasteiger partial charge in [-0.3, -0.25) is 4.99 Å². The maximum absolute atomic E-state index is 5.97. The lowest BCUT2D eigenvalue weighted by Crippen LogP contribution is -2.23. The number of aliphatic imine (C=N–C) groups is 1. The topological polar surface area (TPSA) is 50.4 Å². The van der Waals surface area contributed by atoms with Gasteiger partial charge in [-0.1, -0.05) is 37.0 Å². The molecule has 0 aromatic heterocycles. The van der Waals surface area contributed by atoms with Gasteiger partial charge in [0.15, 0.2) is 5.96 Å². The zero-order chi connectivity index (χ0) is 12.1. The maximum atomic E-state index is 5.97. The molecule has 1 aromatic carbocycles. The van der Waals surface area contributed by atoms with Crippen molar-refractivity contribution in [3.05, 3.63) is 28.2 Å². The molecule has 0 fully saturated rings. The van der Waals surface area contributed by atoms with Crippen LogP contribution in [-0.2, 0) is 0 Å². The number of rotatable bonds is 3. The molecule has 0 amide bonds. The fourth-order valence-corrected chi connectivity index (χ4v) is 1.39. The largest absolute Gasteiger partial charge is 0.370 e. The fourth-order valence-electron chi connectivity index (χ4n) is 1.05. The van der Waals surface area contributed by atoms with Gasteiger partial charge in [-0.15, -0.1) is 0 Å². The summed E-state index contributed by atoms with van der Waals surface area (Å²) < 4.78 is 0. The third-order valence-electron chi connectivity index (χ3n) is 1.82. The van der Waals surface area contributed by atoms with Crippen molar-refractivity contribution in [1.82, 2.24) is 0 Å².